The Morgan fingerprint density at radius 1 is 1.00 bits per heavy atom. The molecule has 0 saturated heterocycles. The predicted molar refractivity (Wildman–Crippen MR) is 110 cm³/mol. The van der Waals surface area contributed by atoms with Gasteiger partial charge < -0.3 is 15.0 Å². The Kier molecular flexibility index (Phi) is 7.32. The molecule has 2 amide bonds. The molecule has 0 heterocycles. The van der Waals surface area contributed by atoms with Gasteiger partial charge in [0.1, 0.15) is 0 Å². The topological polar surface area (TPSA) is 75.7 Å². The van der Waals surface area contributed by atoms with Gasteiger partial charge >= 0.3 is 5.97 Å². The molecule has 6 nitrogen and oxygen atoms in total. The fourth-order valence-corrected chi connectivity index (χ4v) is 3.00. The summed E-state index contributed by atoms with van der Waals surface area (Å²) in [5.41, 5.74) is 3.84. The second-order valence-electron chi connectivity index (χ2n) is 6.51. The molecule has 0 fully saturated rings. The Bertz CT molecular complexity index is 839. The van der Waals surface area contributed by atoms with Gasteiger partial charge in [0, 0.05) is 31.3 Å². The first-order chi connectivity index (χ1) is 13.3. The maximum absolute atomic E-state index is 12.3. The number of anilines is 2. The number of rotatable bonds is 7. The molecule has 2 aromatic carbocycles. The van der Waals surface area contributed by atoms with E-state index in [0.717, 1.165) is 16.8 Å². The number of nitrogens with zero attached hydrogens (tertiary/aromatic N) is 1. The van der Waals surface area contributed by atoms with Crippen LogP contribution >= 0.6 is 0 Å². The lowest BCUT2D eigenvalue weighted by Gasteiger charge is -2.25. The van der Waals surface area contributed by atoms with Gasteiger partial charge in [-0.15, -0.1) is 0 Å². The highest BCUT2D eigenvalue weighted by atomic mass is 16.5. The van der Waals surface area contributed by atoms with Crippen molar-refractivity contribution in [2.75, 3.05) is 23.4 Å². The predicted octanol–water partition coefficient (Wildman–Crippen LogP) is 3.86. The maximum Gasteiger partial charge on any atom is 0.338 e. The first kappa shape index (κ1) is 21.2. The lowest BCUT2D eigenvalue weighted by molar-refractivity contribution is -0.117. The fourth-order valence-electron chi connectivity index (χ4n) is 3.00. The summed E-state index contributed by atoms with van der Waals surface area (Å²) in [6, 6.07) is 12.3. The van der Waals surface area contributed by atoms with Crippen LogP contribution in [0.4, 0.5) is 11.4 Å². The molecule has 0 bridgehead atoms. The van der Waals surface area contributed by atoms with Crippen LogP contribution in [0, 0.1) is 13.8 Å². The molecular weight excluding hydrogens is 356 g/mol. The van der Waals surface area contributed by atoms with E-state index in [0.29, 0.717) is 17.9 Å². The van der Waals surface area contributed by atoms with Crippen molar-refractivity contribution in [1.29, 1.82) is 0 Å². The third-order valence-electron chi connectivity index (χ3n) is 4.33. The minimum Gasteiger partial charge on any atom is -0.462 e. The van der Waals surface area contributed by atoms with Crippen molar-refractivity contribution >= 4 is 29.2 Å². The number of amides is 2. The van der Waals surface area contributed by atoms with Crippen LogP contribution in [0.5, 0.6) is 0 Å². The average molecular weight is 382 g/mol. The quantitative estimate of drug-likeness (QED) is 0.738. The number of ether oxygens (including phenoxy) is 1. The minimum atomic E-state index is -0.397. The first-order valence-electron chi connectivity index (χ1n) is 9.24. The van der Waals surface area contributed by atoms with E-state index in [9.17, 15) is 14.4 Å². The van der Waals surface area contributed by atoms with Crippen LogP contribution in [-0.2, 0) is 14.3 Å². The van der Waals surface area contributed by atoms with Crippen molar-refractivity contribution in [3.8, 4) is 0 Å². The molecule has 0 aliphatic carbocycles. The molecule has 2 aromatic rings. The Morgan fingerprint density at radius 2 is 1.61 bits per heavy atom. The SMILES string of the molecule is CCOC(=O)c1ccc(NC(=O)CCN(C(C)=O)c2c(C)cccc2C)cc1. The Morgan fingerprint density at radius 3 is 2.14 bits per heavy atom. The van der Waals surface area contributed by atoms with Crippen LogP contribution in [0.25, 0.3) is 0 Å². The Hall–Kier alpha value is -3.15. The molecule has 28 heavy (non-hydrogen) atoms. The van der Waals surface area contributed by atoms with E-state index in [-0.39, 0.29) is 24.8 Å². The molecule has 0 atom stereocenters. The van der Waals surface area contributed by atoms with Crippen molar-refractivity contribution in [1.82, 2.24) is 0 Å². The number of carbonyl (C=O) groups excluding carboxylic acids is 3. The van der Waals surface area contributed by atoms with E-state index in [1.54, 1.807) is 36.1 Å². The van der Waals surface area contributed by atoms with Gasteiger partial charge in [-0.25, -0.2) is 4.79 Å². The smallest absolute Gasteiger partial charge is 0.338 e. The van der Waals surface area contributed by atoms with Crippen molar-refractivity contribution in [3.63, 3.8) is 0 Å². The minimum absolute atomic E-state index is 0.107. The van der Waals surface area contributed by atoms with Crippen molar-refractivity contribution in [3.05, 3.63) is 59.2 Å². The average Bonchev–Trinajstić information content (AvgIpc) is 2.64. The first-order valence-corrected chi connectivity index (χ1v) is 9.24. The van der Waals surface area contributed by atoms with Gasteiger partial charge in [-0.1, -0.05) is 18.2 Å². The molecule has 1 N–H and O–H groups in total. The summed E-state index contributed by atoms with van der Waals surface area (Å²) in [5, 5.41) is 2.79. The van der Waals surface area contributed by atoms with Gasteiger partial charge in [-0.3, -0.25) is 9.59 Å². The van der Waals surface area contributed by atoms with E-state index < -0.39 is 5.97 Å². The lowest BCUT2D eigenvalue weighted by Crippen LogP contribution is -2.33. The van der Waals surface area contributed by atoms with E-state index in [4.69, 9.17) is 4.74 Å². The molecular formula is C22H26N2O4. The second-order valence-corrected chi connectivity index (χ2v) is 6.51. The number of hydrogen-bond acceptors (Lipinski definition) is 4. The zero-order valence-electron chi connectivity index (χ0n) is 16.7. The van der Waals surface area contributed by atoms with Crippen molar-refractivity contribution in [2.24, 2.45) is 0 Å². The Labute approximate surface area is 165 Å². The lowest BCUT2D eigenvalue weighted by atomic mass is 10.1. The summed E-state index contributed by atoms with van der Waals surface area (Å²) in [6.45, 7) is 7.73. The monoisotopic (exact) mass is 382 g/mol. The van der Waals surface area contributed by atoms with Crippen LogP contribution in [0.3, 0.4) is 0 Å². The summed E-state index contributed by atoms with van der Waals surface area (Å²) < 4.78 is 4.93. The van der Waals surface area contributed by atoms with Gasteiger partial charge in [-0.05, 0) is 56.2 Å². The Balaban J connectivity index is 2.00. The van der Waals surface area contributed by atoms with Gasteiger partial charge in [0.15, 0.2) is 0 Å². The summed E-state index contributed by atoms with van der Waals surface area (Å²) >= 11 is 0. The van der Waals surface area contributed by atoms with Crippen molar-refractivity contribution < 1.29 is 19.1 Å². The molecule has 148 valence electrons. The maximum atomic E-state index is 12.3. The zero-order chi connectivity index (χ0) is 20.7. The fraction of sp³-hybridized carbons (Fsp3) is 0.318. The van der Waals surface area contributed by atoms with Crippen LogP contribution in [0.2, 0.25) is 0 Å². The van der Waals surface area contributed by atoms with Gasteiger partial charge in [-0.2, -0.15) is 0 Å². The van der Waals surface area contributed by atoms with Crippen LogP contribution in [0.15, 0.2) is 42.5 Å². The zero-order valence-corrected chi connectivity index (χ0v) is 16.7. The van der Waals surface area contributed by atoms with Crippen LogP contribution in [0.1, 0.15) is 41.8 Å². The van der Waals surface area contributed by atoms with Gasteiger partial charge in [0.05, 0.1) is 12.2 Å². The van der Waals surface area contributed by atoms with E-state index in [2.05, 4.69) is 5.32 Å². The molecule has 0 radical (unpaired) electrons. The molecule has 6 heteroatoms. The molecule has 2 rings (SSSR count). The largest absolute Gasteiger partial charge is 0.462 e. The molecule has 0 spiro atoms. The molecule has 0 aliphatic heterocycles. The molecule has 0 unspecified atom stereocenters. The second kappa shape index (κ2) is 9.69. The number of nitrogens with one attached hydrogen (secondary N) is 1. The number of aryl methyl sites for hydroxylation is 2. The molecule has 0 aliphatic rings. The highest BCUT2D eigenvalue weighted by molar-refractivity contribution is 5.96. The van der Waals surface area contributed by atoms with Crippen molar-refractivity contribution in [2.45, 2.75) is 34.1 Å². The highest BCUT2D eigenvalue weighted by Crippen LogP contribution is 2.25. The molecule has 0 aromatic heterocycles. The van der Waals surface area contributed by atoms with Crippen LogP contribution < -0.4 is 10.2 Å². The normalized spacial score (nSPS) is 10.3. The third kappa shape index (κ3) is 5.42. The number of carbonyl (C=O) groups is 3. The summed E-state index contributed by atoms with van der Waals surface area (Å²) in [7, 11) is 0. The summed E-state index contributed by atoms with van der Waals surface area (Å²) in [6.07, 6.45) is 0.160. The highest BCUT2D eigenvalue weighted by Gasteiger charge is 2.17. The number of benzene rings is 2. The number of hydrogen-bond donors (Lipinski definition) is 1. The van der Waals surface area contributed by atoms with E-state index in [1.165, 1.54) is 6.92 Å². The standard InChI is InChI=1S/C22H26N2O4/c1-5-28-22(27)18-9-11-19(12-10-18)23-20(26)13-14-24(17(4)25)21-15(2)7-6-8-16(21)3/h6-12H,5,13-14H2,1-4H3,(H,23,26). The summed E-state index contributed by atoms with van der Waals surface area (Å²) in [4.78, 5) is 37.7. The van der Waals surface area contributed by atoms with E-state index >= 15 is 0 Å². The summed E-state index contributed by atoms with van der Waals surface area (Å²) in [5.74, 6) is -0.712. The number of esters is 1. The van der Waals surface area contributed by atoms with Gasteiger partial charge in [0.25, 0.3) is 0 Å². The van der Waals surface area contributed by atoms with Crippen LogP contribution in [-0.4, -0.2) is 30.9 Å². The third-order valence-corrected chi connectivity index (χ3v) is 4.33. The van der Waals surface area contributed by atoms with Gasteiger partial charge in [0.2, 0.25) is 11.8 Å². The van der Waals surface area contributed by atoms with E-state index in [1.807, 2.05) is 32.0 Å². The number of para-hydroxylation sites is 1. The molecule has 0 saturated carbocycles.